The predicted molar refractivity (Wildman–Crippen MR) is 117 cm³/mol. The van der Waals surface area contributed by atoms with Crippen LogP contribution in [0.1, 0.15) is 36.9 Å². The van der Waals surface area contributed by atoms with Crippen LogP contribution in [0.15, 0.2) is 54.6 Å². The summed E-state index contributed by atoms with van der Waals surface area (Å²) in [5, 5.41) is 26.4. The number of nitrogens with zero attached hydrogens (tertiary/aromatic N) is 2. The van der Waals surface area contributed by atoms with Crippen molar-refractivity contribution in [3.63, 3.8) is 0 Å². The van der Waals surface area contributed by atoms with Gasteiger partial charge in [0, 0.05) is 23.4 Å². The maximum absolute atomic E-state index is 11.5. The summed E-state index contributed by atoms with van der Waals surface area (Å²) < 4.78 is 13.5. The Morgan fingerprint density at radius 3 is 2.19 bits per heavy atom. The summed E-state index contributed by atoms with van der Waals surface area (Å²) in [6.45, 7) is 1.20. The van der Waals surface area contributed by atoms with E-state index in [0.717, 1.165) is 22.5 Å². The molecule has 1 aromatic heterocycles. The smallest absolute Gasteiger partial charge is 0.168 e. The van der Waals surface area contributed by atoms with Crippen LogP contribution >= 0.6 is 11.6 Å². The Balaban J connectivity index is 1.53. The number of ether oxygens (including phenoxy) is 2. The summed E-state index contributed by atoms with van der Waals surface area (Å²) in [6.07, 6.45) is 2.32. The second kappa shape index (κ2) is 8.04. The van der Waals surface area contributed by atoms with Gasteiger partial charge in [0.2, 0.25) is 0 Å². The van der Waals surface area contributed by atoms with Crippen molar-refractivity contribution in [1.82, 2.24) is 9.78 Å². The normalized spacial score (nSPS) is 19.7. The largest absolute Gasteiger partial charge is 0.392 e. The van der Waals surface area contributed by atoms with E-state index in [1.54, 1.807) is 0 Å². The average Bonchev–Trinajstić information content (AvgIpc) is 3.45. The second-order valence-corrected chi connectivity index (χ2v) is 8.73. The summed E-state index contributed by atoms with van der Waals surface area (Å²) in [5.41, 5.74) is 3.09. The van der Waals surface area contributed by atoms with Crippen molar-refractivity contribution in [2.24, 2.45) is 0 Å². The Bertz CT molecular complexity index is 1050. The van der Waals surface area contributed by atoms with Crippen LogP contribution in [0, 0.1) is 0 Å². The van der Waals surface area contributed by atoms with Gasteiger partial charge in [0.05, 0.1) is 36.9 Å². The topological polar surface area (TPSA) is 76.7 Å². The highest BCUT2D eigenvalue weighted by molar-refractivity contribution is 6.30. The summed E-state index contributed by atoms with van der Waals surface area (Å²) in [6, 6.07) is 17.1. The zero-order valence-electron chi connectivity index (χ0n) is 17.1. The van der Waals surface area contributed by atoms with Crippen molar-refractivity contribution < 1.29 is 19.7 Å². The molecule has 2 fully saturated rings. The fraction of sp³-hybridized carbons (Fsp3) is 0.375. The quantitative estimate of drug-likeness (QED) is 0.636. The molecule has 1 saturated heterocycles. The standard InChI is InChI=1S/C24H25ClN2O4/c25-19-5-3-18(4-6-19)21-15-22(26-27(21)20-7-1-17(16-28)2-8-20)23(29)9-11-24(12-10-23)30-13-14-31-24/h1-8,15,28-29H,9-14,16H2. The van der Waals surface area contributed by atoms with Crippen LogP contribution in [0.2, 0.25) is 5.02 Å². The monoisotopic (exact) mass is 440 g/mol. The third-order valence-corrected chi connectivity index (χ3v) is 6.59. The highest BCUT2D eigenvalue weighted by Gasteiger charge is 2.47. The van der Waals surface area contributed by atoms with Crippen LogP contribution in [0.3, 0.4) is 0 Å². The van der Waals surface area contributed by atoms with E-state index in [4.69, 9.17) is 26.2 Å². The molecule has 0 unspecified atom stereocenters. The molecule has 1 spiro atoms. The van der Waals surface area contributed by atoms with E-state index < -0.39 is 11.4 Å². The van der Waals surface area contributed by atoms with Gasteiger partial charge < -0.3 is 19.7 Å². The lowest BCUT2D eigenvalue weighted by Crippen LogP contribution is -2.42. The van der Waals surface area contributed by atoms with Crippen molar-refractivity contribution in [2.45, 2.75) is 43.7 Å². The van der Waals surface area contributed by atoms with Crippen molar-refractivity contribution in [2.75, 3.05) is 13.2 Å². The lowest BCUT2D eigenvalue weighted by molar-refractivity contribution is -0.204. The van der Waals surface area contributed by atoms with E-state index >= 15 is 0 Å². The van der Waals surface area contributed by atoms with Crippen molar-refractivity contribution in [3.05, 3.63) is 70.9 Å². The third kappa shape index (κ3) is 3.90. The minimum atomic E-state index is -1.04. The highest BCUT2D eigenvalue weighted by atomic mass is 35.5. The van der Waals surface area contributed by atoms with E-state index in [1.165, 1.54) is 0 Å². The second-order valence-electron chi connectivity index (χ2n) is 8.30. The van der Waals surface area contributed by atoms with Crippen LogP contribution in [0.4, 0.5) is 0 Å². The van der Waals surface area contributed by atoms with Crippen LogP contribution in [0.25, 0.3) is 16.9 Å². The maximum Gasteiger partial charge on any atom is 0.168 e. The molecular weight excluding hydrogens is 416 g/mol. The summed E-state index contributed by atoms with van der Waals surface area (Å²) in [5.74, 6) is -0.548. The molecule has 7 heteroatoms. The Morgan fingerprint density at radius 2 is 1.58 bits per heavy atom. The van der Waals surface area contributed by atoms with Gasteiger partial charge in [-0.15, -0.1) is 0 Å². The van der Waals surface area contributed by atoms with Gasteiger partial charge in [0.25, 0.3) is 0 Å². The van der Waals surface area contributed by atoms with Gasteiger partial charge in [-0.1, -0.05) is 35.9 Å². The van der Waals surface area contributed by atoms with Gasteiger partial charge in [-0.05, 0) is 48.7 Å². The van der Waals surface area contributed by atoms with Crippen molar-refractivity contribution in [1.29, 1.82) is 0 Å². The molecule has 0 amide bonds. The molecule has 162 valence electrons. The molecule has 2 heterocycles. The van der Waals surface area contributed by atoms with Gasteiger partial charge in [0.15, 0.2) is 5.79 Å². The molecule has 2 aliphatic rings. The van der Waals surface area contributed by atoms with Gasteiger partial charge in [-0.2, -0.15) is 5.10 Å². The first-order valence-corrected chi connectivity index (χ1v) is 11.0. The van der Waals surface area contributed by atoms with Gasteiger partial charge in [0.1, 0.15) is 5.60 Å². The Kier molecular flexibility index (Phi) is 5.36. The first-order chi connectivity index (χ1) is 15.0. The first-order valence-electron chi connectivity index (χ1n) is 10.6. The minimum absolute atomic E-state index is 0.0136. The number of aliphatic hydroxyl groups is 2. The highest BCUT2D eigenvalue weighted by Crippen LogP contribution is 2.45. The Hall–Kier alpha value is -2.22. The number of benzene rings is 2. The lowest BCUT2D eigenvalue weighted by Gasteiger charge is -2.39. The SMILES string of the molecule is OCc1ccc(-n2nc(C3(O)CCC4(CC3)OCCO4)cc2-c2ccc(Cl)cc2)cc1. The zero-order valence-corrected chi connectivity index (χ0v) is 17.9. The number of hydrogen-bond donors (Lipinski definition) is 2. The number of halogens is 1. The number of hydrogen-bond acceptors (Lipinski definition) is 5. The summed E-state index contributed by atoms with van der Waals surface area (Å²) in [4.78, 5) is 0. The predicted octanol–water partition coefficient (Wildman–Crippen LogP) is 4.19. The zero-order chi connectivity index (χ0) is 21.5. The summed E-state index contributed by atoms with van der Waals surface area (Å²) >= 11 is 6.09. The van der Waals surface area contributed by atoms with Gasteiger partial charge in [-0.3, -0.25) is 0 Å². The number of rotatable bonds is 4. The molecule has 3 aromatic rings. The molecule has 1 aliphatic carbocycles. The molecule has 31 heavy (non-hydrogen) atoms. The molecular formula is C24H25ClN2O4. The van der Waals surface area contributed by atoms with E-state index in [2.05, 4.69) is 0 Å². The molecule has 1 saturated carbocycles. The van der Waals surface area contributed by atoms with Gasteiger partial charge >= 0.3 is 0 Å². The van der Waals surface area contributed by atoms with Crippen molar-refractivity contribution >= 4 is 11.6 Å². The third-order valence-electron chi connectivity index (χ3n) is 6.34. The molecule has 0 radical (unpaired) electrons. The maximum atomic E-state index is 11.5. The fourth-order valence-electron chi connectivity index (χ4n) is 4.46. The van der Waals surface area contributed by atoms with Crippen molar-refractivity contribution in [3.8, 4) is 16.9 Å². The molecule has 1 aliphatic heterocycles. The van der Waals surface area contributed by atoms with Crippen LogP contribution < -0.4 is 0 Å². The Labute approximate surface area is 186 Å². The number of aliphatic hydroxyl groups excluding tert-OH is 1. The molecule has 2 N–H and O–H groups in total. The van der Waals surface area contributed by atoms with Crippen LogP contribution in [-0.2, 0) is 21.7 Å². The van der Waals surface area contributed by atoms with E-state index in [1.807, 2.05) is 59.3 Å². The minimum Gasteiger partial charge on any atom is -0.392 e. The first kappa shape index (κ1) is 20.7. The van der Waals surface area contributed by atoms with Gasteiger partial charge in [-0.25, -0.2) is 4.68 Å². The lowest BCUT2D eigenvalue weighted by atomic mass is 9.79. The molecule has 2 aromatic carbocycles. The van der Waals surface area contributed by atoms with E-state index in [0.29, 0.717) is 49.6 Å². The van der Waals surface area contributed by atoms with E-state index in [-0.39, 0.29) is 6.61 Å². The van der Waals surface area contributed by atoms with Crippen LogP contribution in [0.5, 0.6) is 0 Å². The summed E-state index contributed by atoms with van der Waals surface area (Å²) in [7, 11) is 0. The molecule has 6 nitrogen and oxygen atoms in total. The average molecular weight is 441 g/mol. The van der Waals surface area contributed by atoms with E-state index in [9.17, 15) is 10.2 Å². The molecule has 0 atom stereocenters. The Morgan fingerprint density at radius 1 is 0.935 bits per heavy atom. The van der Waals surface area contributed by atoms with Crippen LogP contribution in [-0.4, -0.2) is 39.0 Å². The molecule has 0 bridgehead atoms. The number of aromatic nitrogens is 2. The fourth-order valence-corrected chi connectivity index (χ4v) is 4.59. The molecule has 5 rings (SSSR count).